The van der Waals surface area contributed by atoms with Gasteiger partial charge in [-0.3, -0.25) is 9.78 Å². The average molecular weight is 294 g/mol. The zero-order chi connectivity index (χ0) is 15.5. The van der Waals surface area contributed by atoms with Gasteiger partial charge < -0.3 is 11.1 Å². The van der Waals surface area contributed by atoms with Crippen LogP contribution >= 0.6 is 0 Å². The van der Waals surface area contributed by atoms with E-state index in [0.29, 0.717) is 12.8 Å². The molecule has 1 aromatic heterocycles. The molecule has 1 saturated carbocycles. The van der Waals surface area contributed by atoms with Crippen molar-refractivity contribution in [2.45, 2.75) is 43.2 Å². The van der Waals surface area contributed by atoms with Crippen LogP contribution in [0.2, 0.25) is 0 Å². The first-order valence-corrected chi connectivity index (χ1v) is 6.67. The molecule has 3 N–H and O–H groups in total. The molecule has 112 valence electrons. The van der Waals surface area contributed by atoms with Crippen LogP contribution < -0.4 is 11.1 Å². The number of carbonyl (C=O) groups is 1. The van der Waals surface area contributed by atoms with Crippen molar-refractivity contribution in [3.05, 3.63) is 30.1 Å². The lowest BCUT2D eigenvalue weighted by Crippen LogP contribution is -2.46. The Morgan fingerprint density at radius 1 is 1.57 bits per heavy atom. The number of halogens is 2. The van der Waals surface area contributed by atoms with Crippen LogP contribution in [0, 0.1) is 11.3 Å². The highest BCUT2D eigenvalue weighted by Gasteiger charge is 2.45. The molecule has 1 atom stereocenters. The fourth-order valence-electron chi connectivity index (χ4n) is 1.89. The molecule has 0 spiro atoms. The summed E-state index contributed by atoms with van der Waals surface area (Å²) in [5.41, 5.74) is 4.44. The van der Waals surface area contributed by atoms with E-state index in [-0.39, 0.29) is 12.1 Å². The van der Waals surface area contributed by atoms with Gasteiger partial charge >= 0.3 is 0 Å². The molecule has 0 aromatic carbocycles. The number of nitriles is 1. The van der Waals surface area contributed by atoms with Crippen LogP contribution in [0.15, 0.2) is 24.4 Å². The third kappa shape index (κ3) is 3.73. The number of aromatic nitrogens is 1. The standard InChI is InChI=1S/C14H16F2N4O/c15-14(16,11-3-1-2-8-19-11)5-4-10(18)12(21)20-13(9-17)6-7-13/h1-3,8,10H,4-7,18H2,(H,20,21)/t10-/m0/s1. The molecular weight excluding hydrogens is 278 g/mol. The highest BCUT2D eigenvalue weighted by atomic mass is 19.3. The largest absolute Gasteiger partial charge is 0.336 e. The minimum absolute atomic E-state index is 0.184. The first-order chi connectivity index (χ1) is 9.88. The maximum atomic E-state index is 13.9. The second kappa shape index (κ2) is 5.74. The second-order valence-electron chi connectivity index (χ2n) is 5.25. The van der Waals surface area contributed by atoms with Crippen LogP contribution in [0.3, 0.4) is 0 Å². The number of rotatable bonds is 6. The Morgan fingerprint density at radius 2 is 2.29 bits per heavy atom. The van der Waals surface area contributed by atoms with Gasteiger partial charge in [-0.25, -0.2) is 0 Å². The zero-order valence-corrected chi connectivity index (χ0v) is 11.4. The lowest BCUT2D eigenvalue weighted by Gasteiger charge is -2.19. The molecule has 2 rings (SSSR count). The number of hydrogen-bond acceptors (Lipinski definition) is 4. The van der Waals surface area contributed by atoms with Crippen LogP contribution in [0.5, 0.6) is 0 Å². The third-order valence-corrected chi connectivity index (χ3v) is 3.47. The zero-order valence-electron chi connectivity index (χ0n) is 11.4. The monoisotopic (exact) mass is 294 g/mol. The highest BCUT2D eigenvalue weighted by molar-refractivity contribution is 5.83. The van der Waals surface area contributed by atoms with Crippen LogP contribution in [0.4, 0.5) is 8.78 Å². The van der Waals surface area contributed by atoms with Gasteiger partial charge in [0.15, 0.2) is 0 Å². The summed E-state index contributed by atoms with van der Waals surface area (Å²) in [6.07, 6.45) is 1.69. The van der Waals surface area contributed by atoms with Crippen molar-refractivity contribution < 1.29 is 13.6 Å². The Bertz CT molecular complexity index is 552. The predicted molar refractivity (Wildman–Crippen MR) is 71.1 cm³/mol. The van der Waals surface area contributed by atoms with Gasteiger partial charge in [0.05, 0.1) is 12.1 Å². The summed E-state index contributed by atoms with van der Waals surface area (Å²) in [6, 6.07) is 5.19. The van der Waals surface area contributed by atoms with E-state index in [0.717, 1.165) is 0 Å². The first kappa shape index (κ1) is 15.3. The summed E-state index contributed by atoms with van der Waals surface area (Å²) in [4.78, 5) is 15.4. The van der Waals surface area contributed by atoms with Gasteiger partial charge in [0, 0.05) is 12.6 Å². The van der Waals surface area contributed by atoms with Gasteiger partial charge in [-0.05, 0) is 31.4 Å². The molecule has 1 fully saturated rings. The van der Waals surface area contributed by atoms with Crippen LogP contribution in [-0.4, -0.2) is 22.5 Å². The molecular formula is C14H16F2N4O. The maximum Gasteiger partial charge on any atom is 0.289 e. The first-order valence-electron chi connectivity index (χ1n) is 6.67. The predicted octanol–water partition coefficient (Wildman–Crippen LogP) is 1.45. The number of hydrogen-bond donors (Lipinski definition) is 2. The van der Waals surface area contributed by atoms with Crippen molar-refractivity contribution in [3.63, 3.8) is 0 Å². The Hall–Kier alpha value is -2.07. The quantitative estimate of drug-likeness (QED) is 0.830. The Kier molecular flexibility index (Phi) is 4.19. The fraction of sp³-hybridized carbons (Fsp3) is 0.500. The van der Waals surface area contributed by atoms with Crippen molar-refractivity contribution in [1.82, 2.24) is 10.3 Å². The molecule has 1 aliphatic rings. The molecule has 1 aliphatic carbocycles. The van der Waals surface area contributed by atoms with Crippen molar-refractivity contribution in [2.24, 2.45) is 5.73 Å². The molecule has 1 heterocycles. The molecule has 0 unspecified atom stereocenters. The highest BCUT2D eigenvalue weighted by Crippen LogP contribution is 2.35. The summed E-state index contributed by atoms with van der Waals surface area (Å²) in [5.74, 6) is -3.70. The van der Waals surface area contributed by atoms with Gasteiger partial charge in [-0.1, -0.05) is 6.07 Å². The number of nitrogens with one attached hydrogen (secondary N) is 1. The fourth-order valence-corrected chi connectivity index (χ4v) is 1.89. The van der Waals surface area contributed by atoms with Gasteiger partial charge in [0.1, 0.15) is 11.2 Å². The third-order valence-electron chi connectivity index (χ3n) is 3.47. The second-order valence-corrected chi connectivity index (χ2v) is 5.25. The van der Waals surface area contributed by atoms with E-state index in [1.54, 1.807) is 6.07 Å². The van der Waals surface area contributed by atoms with E-state index >= 15 is 0 Å². The van der Waals surface area contributed by atoms with E-state index < -0.39 is 29.8 Å². The molecule has 0 bridgehead atoms. The summed E-state index contributed by atoms with van der Waals surface area (Å²) in [5, 5.41) is 11.4. The van der Waals surface area contributed by atoms with Crippen molar-refractivity contribution in [2.75, 3.05) is 0 Å². The summed E-state index contributed by atoms with van der Waals surface area (Å²) in [7, 11) is 0. The van der Waals surface area contributed by atoms with E-state index in [1.807, 2.05) is 6.07 Å². The smallest absolute Gasteiger partial charge is 0.289 e. The number of carbonyl (C=O) groups excluding carboxylic acids is 1. The summed E-state index contributed by atoms with van der Waals surface area (Å²) >= 11 is 0. The lowest BCUT2D eigenvalue weighted by atomic mass is 10.0. The lowest BCUT2D eigenvalue weighted by molar-refractivity contribution is -0.123. The number of nitrogens with two attached hydrogens (primary N) is 1. The topological polar surface area (TPSA) is 91.8 Å². The van der Waals surface area contributed by atoms with Crippen molar-refractivity contribution in [3.8, 4) is 6.07 Å². The number of amides is 1. The molecule has 0 aliphatic heterocycles. The number of nitrogens with zero attached hydrogens (tertiary/aromatic N) is 2. The van der Waals surface area contributed by atoms with Gasteiger partial charge in [0.25, 0.3) is 5.92 Å². The molecule has 5 nitrogen and oxygen atoms in total. The summed E-state index contributed by atoms with van der Waals surface area (Å²) in [6.45, 7) is 0. The Morgan fingerprint density at radius 3 is 2.81 bits per heavy atom. The van der Waals surface area contributed by atoms with E-state index in [2.05, 4.69) is 10.3 Å². The van der Waals surface area contributed by atoms with E-state index in [1.165, 1.54) is 18.3 Å². The van der Waals surface area contributed by atoms with Crippen LogP contribution in [0.25, 0.3) is 0 Å². The number of alkyl halides is 2. The van der Waals surface area contributed by atoms with E-state index in [4.69, 9.17) is 11.0 Å². The SMILES string of the molecule is N#CC1(NC(=O)[C@@H](N)CCC(F)(F)c2ccccn2)CC1. The van der Waals surface area contributed by atoms with Crippen molar-refractivity contribution >= 4 is 5.91 Å². The van der Waals surface area contributed by atoms with Gasteiger partial charge in [-0.15, -0.1) is 0 Å². The molecule has 1 amide bonds. The molecule has 1 aromatic rings. The molecule has 7 heteroatoms. The molecule has 0 radical (unpaired) electrons. The maximum absolute atomic E-state index is 13.9. The van der Waals surface area contributed by atoms with E-state index in [9.17, 15) is 13.6 Å². The minimum Gasteiger partial charge on any atom is -0.336 e. The minimum atomic E-state index is -3.13. The Labute approximate surface area is 121 Å². The van der Waals surface area contributed by atoms with Crippen LogP contribution in [0.1, 0.15) is 31.4 Å². The average Bonchev–Trinajstić information content (AvgIpc) is 3.26. The Balaban J connectivity index is 1.87. The molecule has 21 heavy (non-hydrogen) atoms. The van der Waals surface area contributed by atoms with Crippen LogP contribution in [-0.2, 0) is 10.7 Å². The van der Waals surface area contributed by atoms with Gasteiger partial charge in [0.2, 0.25) is 5.91 Å². The van der Waals surface area contributed by atoms with Gasteiger partial charge in [-0.2, -0.15) is 14.0 Å². The number of pyridine rings is 1. The van der Waals surface area contributed by atoms with Crippen molar-refractivity contribution in [1.29, 1.82) is 5.26 Å². The normalized spacial score (nSPS) is 17.6. The molecule has 0 saturated heterocycles. The summed E-state index contributed by atoms with van der Waals surface area (Å²) < 4.78 is 27.8.